The number of benzene rings is 2. The maximum atomic E-state index is 12.9. The monoisotopic (exact) mass is 333 g/mol. The van der Waals surface area contributed by atoms with E-state index in [1.807, 2.05) is 12.1 Å². The van der Waals surface area contributed by atoms with Gasteiger partial charge >= 0.3 is 0 Å². The van der Waals surface area contributed by atoms with Crippen molar-refractivity contribution in [3.63, 3.8) is 0 Å². The summed E-state index contributed by atoms with van der Waals surface area (Å²) in [5.41, 5.74) is 7.82. The number of halogens is 2. The Labute approximate surface area is 122 Å². The molecule has 0 aliphatic carbocycles. The minimum absolute atomic E-state index is 0.311. The SMILES string of the molecule is Nc1c(Br)cccc1-c1nc(-c2ccc(F)cc2)no1. The summed E-state index contributed by atoms with van der Waals surface area (Å²) >= 11 is 3.35. The van der Waals surface area contributed by atoms with Crippen molar-refractivity contribution >= 4 is 21.6 Å². The van der Waals surface area contributed by atoms with Gasteiger partial charge in [-0.25, -0.2) is 4.39 Å². The first-order chi connectivity index (χ1) is 9.65. The van der Waals surface area contributed by atoms with Gasteiger partial charge in [-0.1, -0.05) is 11.2 Å². The Bertz CT molecular complexity index is 755. The van der Waals surface area contributed by atoms with Gasteiger partial charge in [0.15, 0.2) is 0 Å². The van der Waals surface area contributed by atoms with Crippen molar-refractivity contribution in [3.8, 4) is 22.8 Å². The van der Waals surface area contributed by atoms with Crippen LogP contribution in [-0.2, 0) is 0 Å². The van der Waals surface area contributed by atoms with Crippen molar-refractivity contribution in [1.82, 2.24) is 10.1 Å². The van der Waals surface area contributed by atoms with E-state index in [2.05, 4.69) is 26.1 Å². The van der Waals surface area contributed by atoms with E-state index in [0.717, 1.165) is 4.47 Å². The minimum atomic E-state index is -0.311. The van der Waals surface area contributed by atoms with Gasteiger partial charge in [0.25, 0.3) is 5.89 Å². The molecule has 0 aliphatic rings. The lowest BCUT2D eigenvalue weighted by atomic mass is 10.2. The molecule has 0 spiro atoms. The van der Waals surface area contributed by atoms with Crippen LogP contribution in [0, 0.1) is 5.82 Å². The second kappa shape index (κ2) is 5.05. The third kappa shape index (κ3) is 2.30. The molecule has 0 radical (unpaired) electrons. The molecule has 0 atom stereocenters. The average Bonchev–Trinajstić information content (AvgIpc) is 2.92. The maximum Gasteiger partial charge on any atom is 0.260 e. The molecule has 0 saturated heterocycles. The molecule has 20 heavy (non-hydrogen) atoms. The average molecular weight is 334 g/mol. The molecule has 3 aromatic rings. The highest BCUT2D eigenvalue weighted by atomic mass is 79.9. The van der Waals surface area contributed by atoms with Crippen molar-refractivity contribution < 1.29 is 8.91 Å². The fourth-order valence-electron chi connectivity index (χ4n) is 1.77. The highest BCUT2D eigenvalue weighted by Gasteiger charge is 2.14. The summed E-state index contributed by atoms with van der Waals surface area (Å²) in [6.07, 6.45) is 0. The molecule has 2 N–H and O–H groups in total. The predicted molar refractivity (Wildman–Crippen MR) is 77.2 cm³/mol. The van der Waals surface area contributed by atoms with E-state index in [0.29, 0.717) is 28.5 Å². The highest BCUT2D eigenvalue weighted by molar-refractivity contribution is 9.10. The van der Waals surface area contributed by atoms with Crippen LogP contribution in [0.5, 0.6) is 0 Å². The lowest BCUT2D eigenvalue weighted by Crippen LogP contribution is -1.91. The summed E-state index contributed by atoms with van der Waals surface area (Å²) in [5, 5.41) is 3.88. The molecular formula is C14H9BrFN3O. The molecule has 3 rings (SSSR count). The Kier molecular flexibility index (Phi) is 3.23. The number of nitrogens with two attached hydrogens (primary N) is 1. The lowest BCUT2D eigenvalue weighted by Gasteiger charge is -2.01. The summed E-state index contributed by atoms with van der Waals surface area (Å²) < 4.78 is 18.9. The topological polar surface area (TPSA) is 64.9 Å². The molecule has 1 heterocycles. The Hall–Kier alpha value is -2.21. The van der Waals surface area contributed by atoms with Gasteiger partial charge in [-0.15, -0.1) is 0 Å². The van der Waals surface area contributed by atoms with E-state index in [4.69, 9.17) is 10.3 Å². The van der Waals surface area contributed by atoms with Gasteiger partial charge in [-0.3, -0.25) is 0 Å². The first kappa shape index (κ1) is 12.8. The second-order valence-electron chi connectivity index (χ2n) is 4.13. The molecule has 0 saturated carbocycles. The molecule has 4 nitrogen and oxygen atoms in total. The van der Waals surface area contributed by atoms with E-state index in [1.165, 1.54) is 12.1 Å². The van der Waals surface area contributed by atoms with E-state index < -0.39 is 0 Å². The zero-order valence-electron chi connectivity index (χ0n) is 10.2. The number of hydrogen-bond acceptors (Lipinski definition) is 4. The molecule has 6 heteroatoms. The third-order valence-corrected chi connectivity index (χ3v) is 3.50. The number of nitrogens with zero attached hydrogens (tertiary/aromatic N) is 2. The van der Waals surface area contributed by atoms with Crippen LogP contribution >= 0.6 is 15.9 Å². The zero-order chi connectivity index (χ0) is 14.1. The summed E-state index contributed by atoms with van der Waals surface area (Å²) in [7, 11) is 0. The molecule has 100 valence electrons. The molecule has 0 unspecified atom stereocenters. The molecule has 0 bridgehead atoms. The van der Waals surface area contributed by atoms with Crippen molar-refractivity contribution in [1.29, 1.82) is 0 Å². The normalized spacial score (nSPS) is 10.7. The molecule has 0 fully saturated rings. The summed E-state index contributed by atoms with van der Waals surface area (Å²) in [6.45, 7) is 0. The summed E-state index contributed by atoms with van der Waals surface area (Å²) in [6, 6.07) is 11.3. The standard InChI is InChI=1S/C14H9BrFN3O/c15-11-3-1-2-10(12(11)17)14-18-13(19-20-14)8-4-6-9(16)7-5-8/h1-7H,17H2. The van der Waals surface area contributed by atoms with Crippen LogP contribution in [-0.4, -0.2) is 10.1 Å². The van der Waals surface area contributed by atoms with Crippen LogP contribution in [0.25, 0.3) is 22.8 Å². The Balaban J connectivity index is 2.02. The molecule has 0 aliphatic heterocycles. The Morgan fingerprint density at radius 2 is 1.85 bits per heavy atom. The number of hydrogen-bond donors (Lipinski definition) is 1. The van der Waals surface area contributed by atoms with Crippen LogP contribution < -0.4 is 5.73 Å². The fraction of sp³-hybridized carbons (Fsp3) is 0. The lowest BCUT2D eigenvalue weighted by molar-refractivity contribution is 0.432. The van der Waals surface area contributed by atoms with Gasteiger partial charge < -0.3 is 10.3 Å². The van der Waals surface area contributed by atoms with Crippen LogP contribution in [0.4, 0.5) is 10.1 Å². The van der Waals surface area contributed by atoms with E-state index in [1.54, 1.807) is 18.2 Å². The Morgan fingerprint density at radius 3 is 2.60 bits per heavy atom. The second-order valence-corrected chi connectivity index (χ2v) is 4.99. The largest absolute Gasteiger partial charge is 0.397 e. The zero-order valence-corrected chi connectivity index (χ0v) is 11.8. The number of aromatic nitrogens is 2. The first-order valence-corrected chi connectivity index (χ1v) is 6.58. The third-order valence-electron chi connectivity index (χ3n) is 2.81. The highest BCUT2D eigenvalue weighted by Crippen LogP contribution is 2.31. The van der Waals surface area contributed by atoms with Gasteiger partial charge in [-0.05, 0) is 52.3 Å². The molecular weight excluding hydrogens is 325 g/mol. The first-order valence-electron chi connectivity index (χ1n) is 5.79. The van der Waals surface area contributed by atoms with Crippen molar-refractivity contribution in [2.24, 2.45) is 0 Å². The van der Waals surface area contributed by atoms with Gasteiger partial charge in [0.1, 0.15) is 5.82 Å². The summed E-state index contributed by atoms with van der Waals surface area (Å²) in [5.74, 6) is 0.399. The quantitative estimate of drug-likeness (QED) is 0.722. The molecule has 2 aromatic carbocycles. The van der Waals surface area contributed by atoms with Crippen molar-refractivity contribution in [3.05, 3.63) is 52.8 Å². The Morgan fingerprint density at radius 1 is 1.10 bits per heavy atom. The van der Waals surface area contributed by atoms with Crippen molar-refractivity contribution in [2.75, 3.05) is 5.73 Å². The van der Waals surface area contributed by atoms with Crippen LogP contribution in [0.15, 0.2) is 51.5 Å². The van der Waals surface area contributed by atoms with Gasteiger partial charge in [-0.2, -0.15) is 4.98 Å². The number of rotatable bonds is 2. The number of para-hydroxylation sites is 1. The summed E-state index contributed by atoms with van der Waals surface area (Å²) in [4.78, 5) is 4.28. The molecule has 0 amide bonds. The van der Waals surface area contributed by atoms with Gasteiger partial charge in [0.2, 0.25) is 5.82 Å². The van der Waals surface area contributed by atoms with E-state index >= 15 is 0 Å². The van der Waals surface area contributed by atoms with Crippen LogP contribution in [0.3, 0.4) is 0 Å². The minimum Gasteiger partial charge on any atom is -0.397 e. The number of nitrogen functional groups attached to an aromatic ring is 1. The van der Waals surface area contributed by atoms with Gasteiger partial charge in [0, 0.05) is 10.0 Å². The predicted octanol–water partition coefficient (Wildman–Crippen LogP) is 3.89. The number of anilines is 1. The van der Waals surface area contributed by atoms with E-state index in [9.17, 15) is 4.39 Å². The maximum absolute atomic E-state index is 12.9. The fourth-order valence-corrected chi connectivity index (χ4v) is 2.14. The molecule has 1 aromatic heterocycles. The van der Waals surface area contributed by atoms with Crippen LogP contribution in [0.1, 0.15) is 0 Å². The van der Waals surface area contributed by atoms with Gasteiger partial charge in [0.05, 0.1) is 11.3 Å². The smallest absolute Gasteiger partial charge is 0.260 e. The van der Waals surface area contributed by atoms with Crippen LogP contribution in [0.2, 0.25) is 0 Å². The van der Waals surface area contributed by atoms with E-state index in [-0.39, 0.29) is 5.82 Å². The van der Waals surface area contributed by atoms with Crippen molar-refractivity contribution in [2.45, 2.75) is 0 Å².